The van der Waals surface area contributed by atoms with Crippen molar-refractivity contribution in [2.24, 2.45) is 5.92 Å². The highest BCUT2D eigenvalue weighted by Crippen LogP contribution is 2.29. The van der Waals surface area contributed by atoms with Gasteiger partial charge in [-0.15, -0.1) is 11.3 Å². The first-order valence-corrected chi connectivity index (χ1v) is 15.2. The van der Waals surface area contributed by atoms with Crippen molar-refractivity contribution >= 4 is 66.5 Å². The molecule has 1 aromatic heterocycles. The minimum Gasteiger partial charge on any atom is -0.374 e. The number of hydrogen-bond acceptors (Lipinski definition) is 6. The molecular formula is C26H29Cl2N3O5S2. The summed E-state index contributed by atoms with van der Waals surface area (Å²) in [4.78, 5) is 26.7. The fraction of sp³-hybridized carbons (Fsp3) is 0.385. The van der Waals surface area contributed by atoms with Crippen LogP contribution in [0.15, 0.2) is 53.4 Å². The van der Waals surface area contributed by atoms with Crippen molar-refractivity contribution in [3.63, 3.8) is 0 Å². The summed E-state index contributed by atoms with van der Waals surface area (Å²) in [7, 11) is -3.88. The average Bonchev–Trinajstić information content (AvgIpc) is 3.34. The topological polar surface area (TPSA) is 105 Å². The van der Waals surface area contributed by atoms with Gasteiger partial charge >= 0.3 is 0 Å². The summed E-state index contributed by atoms with van der Waals surface area (Å²) in [6, 6.07) is 13.0. The molecule has 1 saturated heterocycles. The van der Waals surface area contributed by atoms with E-state index in [1.165, 1.54) is 33.8 Å². The molecule has 38 heavy (non-hydrogen) atoms. The predicted octanol–water partition coefficient (Wildman–Crippen LogP) is 4.56. The van der Waals surface area contributed by atoms with Crippen molar-refractivity contribution in [3.8, 4) is 0 Å². The van der Waals surface area contributed by atoms with Crippen LogP contribution in [0.5, 0.6) is 0 Å². The van der Waals surface area contributed by atoms with Crippen LogP contribution in [0, 0.1) is 5.92 Å². The number of carbonyl (C=O) groups is 2. The first-order chi connectivity index (χ1) is 18.1. The molecule has 0 bridgehead atoms. The van der Waals surface area contributed by atoms with Crippen LogP contribution in [0.25, 0.3) is 10.1 Å². The normalized spacial score (nSPS) is 18.2. The standard InChI is InChI=1S/C26H29Cl2N3O5S2/c1-3-16(2)24(30-25(32)22-12-17-6-4-5-7-21(17)37-22)26(33)29-14-19-15-31(10-11-36-19)38(34,35)23-9-8-18(27)13-20(23)28/h4-9,12-13,16,19,24H,3,10-11,14-15H2,1-2H3,(H,29,33)(H,30,32)/t16-,19?,24-/m0/s1. The van der Waals surface area contributed by atoms with Gasteiger partial charge in [-0.25, -0.2) is 8.42 Å². The largest absolute Gasteiger partial charge is 0.374 e. The second-order valence-electron chi connectivity index (χ2n) is 9.16. The molecule has 1 aliphatic heterocycles. The van der Waals surface area contributed by atoms with E-state index in [-0.39, 0.29) is 53.9 Å². The van der Waals surface area contributed by atoms with Crippen molar-refractivity contribution in [2.75, 3.05) is 26.2 Å². The molecule has 2 N–H and O–H groups in total. The summed E-state index contributed by atoms with van der Waals surface area (Å²) in [6.45, 7) is 4.31. The molecule has 2 amide bonds. The third-order valence-electron chi connectivity index (χ3n) is 6.55. The molecule has 12 heteroatoms. The van der Waals surface area contributed by atoms with E-state index >= 15 is 0 Å². The maximum atomic E-state index is 13.2. The van der Waals surface area contributed by atoms with Crippen LogP contribution in [0.2, 0.25) is 10.0 Å². The lowest BCUT2D eigenvalue weighted by atomic mass is 9.98. The minimum atomic E-state index is -3.88. The van der Waals surface area contributed by atoms with Gasteiger partial charge in [0.05, 0.1) is 22.6 Å². The van der Waals surface area contributed by atoms with Crippen LogP contribution in [0.4, 0.5) is 0 Å². The molecule has 2 aromatic carbocycles. The van der Waals surface area contributed by atoms with Crippen LogP contribution < -0.4 is 10.6 Å². The summed E-state index contributed by atoms with van der Waals surface area (Å²) in [6.07, 6.45) is 0.114. The Labute approximate surface area is 236 Å². The number of nitrogens with zero attached hydrogens (tertiary/aromatic N) is 1. The van der Waals surface area contributed by atoms with Gasteiger partial charge in [-0.3, -0.25) is 9.59 Å². The number of thiophene rings is 1. The Kier molecular flexibility index (Phi) is 9.33. The van der Waals surface area contributed by atoms with Gasteiger partial charge < -0.3 is 15.4 Å². The zero-order valence-corrected chi connectivity index (χ0v) is 24.1. The number of amides is 2. The van der Waals surface area contributed by atoms with Crippen molar-refractivity contribution in [1.82, 2.24) is 14.9 Å². The van der Waals surface area contributed by atoms with E-state index in [4.69, 9.17) is 27.9 Å². The van der Waals surface area contributed by atoms with Gasteiger partial charge in [0.25, 0.3) is 5.91 Å². The highest BCUT2D eigenvalue weighted by atomic mass is 35.5. The maximum Gasteiger partial charge on any atom is 0.262 e. The number of halogens is 2. The van der Waals surface area contributed by atoms with Gasteiger partial charge in [0.2, 0.25) is 15.9 Å². The highest BCUT2D eigenvalue weighted by Gasteiger charge is 2.33. The van der Waals surface area contributed by atoms with Crippen LogP contribution in [0.1, 0.15) is 29.9 Å². The van der Waals surface area contributed by atoms with Gasteiger partial charge in [0.15, 0.2) is 0 Å². The molecule has 1 unspecified atom stereocenters. The fourth-order valence-electron chi connectivity index (χ4n) is 4.19. The van der Waals surface area contributed by atoms with Crippen molar-refractivity contribution < 1.29 is 22.7 Å². The number of ether oxygens (including phenoxy) is 1. The Balaban J connectivity index is 1.40. The molecule has 0 aliphatic carbocycles. The predicted molar refractivity (Wildman–Crippen MR) is 151 cm³/mol. The molecule has 3 aromatic rings. The lowest BCUT2D eigenvalue weighted by Crippen LogP contribution is -2.54. The molecule has 204 valence electrons. The number of carbonyl (C=O) groups excluding carboxylic acids is 2. The quantitative estimate of drug-likeness (QED) is 0.376. The van der Waals surface area contributed by atoms with E-state index in [1.54, 1.807) is 0 Å². The zero-order chi connectivity index (χ0) is 27.4. The van der Waals surface area contributed by atoms with E-state index in [1.807, 2.05) is 44.2 Å². The molecule has 2 heterocycles. The molecule has 3 atom stereocenters. The van der Waals surface area contributed by atoms with Gasteiger partial charge in [0.1, 0.15) is 10.9 Å². The number of morpholine rings is 1. The van der Waals surface area contributed by atoms with Crippen molar-refractivity contribution in [2.45, 2.75) is 37.3 Å². The Morgan fingerprint density at radius 2 is 1.95 bits per heavy atom. The van der Waals surface area contributed by atoms with Crippen LogP contribution in [-0.2, 0) is 19.6 Å². The van der Waals surface area contributed by atoms with E-state index in [9.17, 15) is 18.0 Å². The Morgan fingerprint density at radius 1 is 1.18 bits per heavy atom. The summed E-state index contributed by atoms with van der Waals surface area (Å²) >= 11 is 13.4. The molecule has 0 saturated carbocycles. The molecule has 0 radical (unpaired) electrons. The highest BCUT2D eigenvalue weighted by molar-refractivity contribution is 7.89. The summed E-state index contributed by atoms with van der Waals surface area (Å²) in [5.74, 6) is -0.777. The minimum absolute atomic E-state index is 0.0333. The summed E-state index contributed by atoms with van der Waals surface area (Å²) < 4.78 is 34.4. The molecule has 1 fully saturated rings. The van der Waals surface area contributed by atoms with Gasteiger partial charge in [-0.05, 0) is 41.6 Å². The Bertz CT molecular complexity index is 1400. The number of sulfonamides is 1. The van der Waals surface area contributed by atoms with Crippen LogP contribution >= 0.6 is 34.5 Å². The lowest BCUT2D eigenvalue weighted by Gasteiger charge is -2.33. The molecule has 0 spiro atoms. The zero-order valence-electron chi connectivity index (χ0n) is 20.9. The van der Waals surface area contributed by atoms with E-state index in [2.05, 4.69) is 10.6 Å². The Hall–Kier alpha value is -2.21. The first kappa shape index (κ1) is 28.8. The van der Waals surface area contributed by atoms with Crippen molar-refractivity contribution in [1.29, 1.82) is 0 Å². The number of benzene rings is 2. The summed E-state index contributed by atoms with van der Waals surface area (Å²) in [5, 5.41) is 7.08. The number of fused-ring (bicyclic) bond motifs is 1. The van der Waals surface area contributed by atoms with Crippen LogP contribution in [0.3, 0.4) is 0 Å². The first-order valence-electron chi connectivity index (χ1n) is 12.2. The summed E-state index contributed by atoms with van der Waals surface area (Å²) in [5.41, 5.74) is 0. The molecule has 4 rings (SSSR count). The lowest BCUT2D eigenvalue weighted by molar-refractivity contribution is -0.125. The Morgan fingerprint density at radius 3 is 2.66 bits per heavy atom. The number of rotatable bonds is 9. The second kappa shape index (κ2) is 12.3. The molecule has 8 nitrogen and oxygen atoms in total. The molecule has 1 aliphatic rings. The molecular weight excluding hydrogens is 569 g/mol. The van der Waals surface area contributed by atoms with Gasteiger partial charge in [-0.1, -0.05) is 61.7 Å². The van der Waals surface area contributed by atoms with Crippen LogP contribution in [-0.4, -0.2) is 62.9 Å². The SMILES string of the molecule is CC[C@H](C)[C@H](NC(=O)c1cc2ccccc2s1)C(=O)NCC1CN(S(=O)(=O)c2ccc(Cl)cc2Cl)CCO1. The average molecular weight is 599 g/mol. The van der Waals surface area contributed by atoms with E-state index in [0.29, 0.717) is 16.3 Å². The maximum absolute atomic E-state index is 13.2. The van der Waals surface area contributed by atoms with Gasteiger partial charge in [0, 0.05) is 29.4 Å². The third kappa shape index (κ3) is 6.50. The second-order valence-corrected chi connectivity index (χ2v) is 13.0. The third-order valence-corrected chi connectivity index (χ3v) is 10.2. The fourth-order valence-corrected chi connectivity index (χ4v) is 7.36. The smallest absolute Gasteiger partial charge is 0.262 e. The van der Waals surface area contributed by atoms with E-state index in [0.717, 1.165) is 10.1 Å². The van der Waals surface area contributed by atoms with Gasteiger partial charge in [-0.2, -0.15) is 4.31 Å². The van der Waals surface area contributed by atoms with Crippen molar-refractivity contribution in [3.05, 3.63) is 63.5 Å². The monoisotopic (exact) mass is 597 g/mol. The number of hydrogen-bond donors (Lipinski definition) is 2. The van der Waals surface area contributed by atoms with E-state index < -0.39 is 22.2 Å². The number of nitrogens with one attached hydrogen (secondary N) is 2.